The van der Waals surface area contributed by atoms with Gasteiger partial charge in [-0.05, 0) is 46.5 Å². The summed E-state index contributed by atoms with van der Waals surface area (Å²) in [5.74, 6) is 2.96. The van der Waals surface area contributed by atoms with Gasteiger partial charge in [-0.3, -0.25) is 0 Å². The molecule has 118 valence electrons. The number of halogens is 1. The molecule has 0 bridgehead atoms. The molecule has 4 heteroatoms. The van der Waals surface area contributed by atoms with Gasteiger partial charge in [-0.2, -0.15) is 0 Å². The molecule has 1 aromatic rings. The van der Waals surface area contributed by atoms with Crippen molar-refractivity contribution in [3.05, 3.63) is 16.5 Å². The van der Waals surface area contributed by atoms with E-state index in [0.29, 0.717) is 11.3 Å². The second-order valence-electron chi connectivity index (χ2n) is 7.25. The van der Waals surface area contributed by atoms with E-state index in [1.807, 2.05) is 6.07 Å². The van der Waals surface area contributed by atoms with Crippen molar-refractivity contribution in [2.24, 2.45) is 11.3 Å². The van der Waals surface area contributed by atoms with Gasteiger partial charge in [-0.1, -0.05) is 40.5 Å². The number of rotatable bonds is 6. The zero-order valence-corrected chi connectivity index (χ0v) is 15.3. The van der Waals surface area contributed by atoms with E-state index in [-0.39, 0.29) is 0 Å². The minimum Gasteiger partial charge on any atom is -0.369 e. The SMILES string of the molecule is CC(C)CC1(CNc2cc(Br)nc(C(C)C)n2)CCCC1. The van der Waals surface area contributed by atoms with Crippen LogP contribution >= 0.6 is 15.9 Å². The van der Waals surface area contributed by atoms with Gasteiger partial charge in [-0.25, -0.2) is 9.97 Å². The van der Waals surface area contributed by atoms with Gasteiger partial charge in [0.05, 0.1) is 0 Å². The molecule has 21 heavy (non-hydrogen) atoms. The highest BCUT2D eigenvalue weighted by Crippen LogP contribution is 2.43. The predicted octanol–water partition coefficient (Wildman–Crippen LogP) is 5.38. The standard InChI is InChI=1S/C17H28BrN3/c1-12(2)10-17(7-5-6-8-17)11-19-15-9-14(18)20-16(21-15)13(3)4/h9,12-13H,5-8,10-11H2,1-4H3,(H,19,20,21). The van der Waals surface area contributed by atoms with Crippen molar-refractivity contribution in [2.45, 2.75) is 65.7 Å². The monoisotopic (exact) mass is 353 g/mol. The van der Waals surface area contributed by atoms with E-state index in [4.69, 9.17) is 0 Å². The fourth-order valence-corrected chi connectivity index (χ4v) is 3.90. The van der Waals surface area contributed by atoms with Crippen LogP contribution in [0.25, 0.3) is 0 Å². The van der Waals surface area contributed by atoms with Crippen molar-refractivity contribution < 1.29 is 0 Å². The summed E-state index contributed by atoms with van der Waals surface area (Å²) in [6.45, 7) is 9.95. The van der Waals surface area contributed by atoms with Gasteiger partial charge in [0.1, 0.15) is 16.2 Å². The average molecular weight is 354 g/mol. The summed E-state index contributed by atoms with van der Waals surface area (Å²) < 4.78 is 0.869. The molecule has 1 aliphatic rings. The van der Waals surface area contributed by atoms with Crippen molar-refractivity contribution in [1.82, 2.24) is 9.97 Å². The van der Waals surface area contributed by atoms with Crippen LogP contribution < -0.4 is 5.32 Å². The Hall–Kier alpha value is -0.640. The van der Waals surface area contributed by atoms with Gasteiger partial charge >= 0.3 is 0 Å². The Bertz CT molecular complexity index is 465. The third kappa shape index (κ3) is 4.67. The molecule has 1 aliphatic carbocycles. The number of anilines is 1. The number of hydrogen-bond donors (Lipinski definition) is 1. The first-order valence-corrected chi connectivity index (χ1v) is 8.98. The minimum absolute atomic E-state index is 0.346. The van der Waals surface area contributed by atoms with E-state index in [2.05, 4.69) is 58.9 Å². The van der Waals surface area contributed by atoms with Crippen LogP contribution in [0.15, 0.2) is 10.7 Å². The van der Waals surface area contributed by atoms with Crippen LogP contribution in [-0.4, -0.2) is 16.5 Å². The summed E-state index contributed by atoms with van der Waals surface area (Å²) in [4.78, 5) is 9.10. The van der Waals surface area contributed by atoms with Crippen molar-refractivity contribution in [2.75, 3.05) is 11.9 Å². The highest BCUT2D eigenvalue weighted by Gasteiger charge is 2.34. The quantitative estimate of drug-likeness (QED) is 0.697. The molecule has 0 atom stereocenters. The fraction of sp³-hybridized carbons (Fsp3) is 0.765. The number of hydrogen-bond acceptors (Lipinski definition) is 3. The third-order valence-electron chi connectivity index (χ3n) is 4.38. The molecule has 1 aromatic heterocycles. The Kier molecular flexibility index (Phi) is 5.64. The second kappa shape index (κ2) is 7.08. The van der Waals surface area contributed by atoms with Gasteiger partial charge in [0.25, 0.3) is 0 Å². The smallest absolute Gasteiger partial charge is 0.134 e. The molecule has 0 unspecified atom stereocenters. The lowest BCUT2D eigenvalue weighted by molar-refractivity contribution is 0.252. The molecule has 0 saturated heterocycles. The van der Waals surface area contributed by atoms with Gasteiger partial charge < -0.3 is 5.32 Å². The zero-order valence-electron chi connectivity index (χ0n) is 13.7. The summed E-state index contributed by atoms with van der Waals surface area (Å²) in [5, 5.41) is 3.59. The first-order chi connectivity index (χ1) is 9.90. The zero-order chi connectivity index (χ0) is 15.5. The Morgan fingerprint density at radius 2 is 1.86 bits per heavy atom. The van der Waals surface area contributed by atoms with Crippen molar-refractivity contribution >= 4 is 21.7 Å². The molecular weight excluding hydrogens is 326 g/mol. The van der Waals surface area contributed by atoms with Gasteiger partial charge in [0.2, 0.25) is 0 Å². The molecule has 1 saturated carbocycles. The molecule has 3 nitrogen and oxygen atoms in total. The van der Waals surface area contributed by atoms with E-state index in [0.717, 1.165) is 28.7 Å². The first-order valence-electron chi connectivity index (χ1n) is 8.18. The number of nitrogens with one attached hydrogen (secondary N) is 1. The predicted molar refractivity (Wildman–Crippen MR) is 92.7 cm³/mol. The molecule has 0 radical (unpaired) electrons. The highest BCUT2D eigenvalue weighted by atomic mass is 79.9. The van der Waals surface area contributed by atoms with Crippen molar-refractivity contribution in [3.63, 3.8) is 0 Å². The molecule has 1 fully saturated rings. The maximum Gasteiger partial charge on any atom is 0.134 e. The molecule has 1 heterocycles. The summed E-state index contributed by atoms with van der Waals surface area (Å²) in [7, 11) is 0. The summed E-state index contributed by atoms with van der Waals surface area (Å²) in [6.07, 6.45) is 6.75. The average Bonchev–Trinajstić information content (AvgIpc) is 2.84. The normalized spacial score (nSPS) is 17.7. The maximum atomic E-state index is 4.65. The van der Waals surface area contributed by atoms with Crippen LogP contribution in [0.5, 0.6) is 0 Å². The minimum atomic E-state index is 0.346. The Morgan fingerprint density at radius 1 is 1.19 bits per heavy atom. The van der Waals surface area contributed by atoms with Crippen LogP contribution in [0.1, 0.15) is 71.5 Å². The van der Waals surface area contributed by atoms with E-state index >= 15 is 0 Å². The molecule has 0 spiro atoms. The number of nitrogens with zero attached hydrogens (tertiary/aromatic N) is 2. The summed E-state index contributed by atoms with van der Waals surface area (Å²) in [5.41, 5.74) is 0.462. The lowest BCUT2D eigenvalue weighted by Crippen LogP contribution is -2.29. The number of aromatic nitrogens is 2. The third-order valence-corrected chi connectivity index (χ3v) is 4.78. The lowest BCUT2D eigenvalue weighted by Gasteiger charge is -2.31. The van der Waals surface area contributed by atoms with Crippen LogP contribution in [0.4, 0.5) is 5.82 Å². The van der Waals surface area contributed by atoms with Gasteiger partial charge in [-0.15, -0.1) is 0 Å². The highest BCUT2D eigenvalue weighted by molar-refractivity contribution is 9.10. The molecule has 0 amide bonds. The molecular formula is C17H28BrN3. The van der Waals surface area contributed by atoms with Crippen molar-refractivity contribution in [3.8, 4) is 0 Å². The Morgan fingerprint density at radius 3 is 2.43 bits per heavy atom. The maximum absolute atomic E-state index is 4.65. The van der Waals surface area contributed by atoms with Gasteiger partial charge in [0, 0.05) is 18.5 Å². The molecule has 0 aliphatic heterocycles. The van der Waals surface area contributed by atoms with E-state index in [9.17, 15) is 0 Å². The van der Waals surface area contributed by atoms with E-state index < -0.39 is 0 Å². The Balaban J connectivity index is 2.07. The van der Waals surface area contributed by atoms with E-state index in [1.165, 1.54) is 32.1 Å². The first kappa shape index (κ1) is 16.7. The van der Waals surface area contributed by atoms with Gasteiger partial charge in [0.15, 0.2) is 0 Å². The summed E-state index contributed by atoms with van der Waals surface area (Å²) in [6, 6.07) is 1.99. The van der Waals surface area contributed by atoms with Crippen LogP contribution in [0.2, 0.25) is 0 Å². The topological polar surface area (TPSA) is 37.8 Å². The van der Waals surface area contributed by atoms with Crippen molar-refractivity contribution in [1.29, 1.82) is 0 Å². The van der Waals surface area contributed by atoms with Crippen LogP contribution in [0, 0.1) is 11.3 Å². The second-order valence-corrected chi connectivity index (χ2v) is 8.06. The van der Waals surface area contributed by atoms with Crippen LogP contribution in [0.3, 0.4) is 0 Å². The largest absolute Gasteiger partial charge is 0.369 e. The molecule has 1 N–H and O–H groups in total. The lowest BCUT2D eigenvalue weighted by atomic mass is 9.78. The summed E-state index contributed by atoms with van der Waals surface area (Å²) >= 11 is 3.50. The van der Waals surface area contributed by atoms with Crippen LogP contribution in [-0.2, 0) is 0 Å². The fourth-order valence-electron chi connectivity index (χ4n) is 3.51. The molecule has 2 rings (SSSR count). The molecule has 0 aromatic carbocycles. The van der Waals surface area contributed by atoms with E-state index in [1.54, 1.807) is 0 Å². The Labute approximate surface area is 137 Å².